The van der Waals surface area contributed by atoms with Crippen molar-refractivity contribution in [2.45, 2.75) is 17.6 Å². The van der Waals surface area contributed by atoms with Crippen LogP contribution < -0.4 is 15.2 Å². The van der Waals surface area contributed by atoms with Gasteiger partial charge in [0.05, 0.1) is 13.7 Å². The summed E-state index contributed by atoms with van der Waals surface area (Å²) in [5, 5.41) is 0. The van der Waals surface area contributed by atoms with Crippen LogP contribution in [0.4, 0.5) is 5.69 Å². The zero-order valence-electron chi connectivity index (χ0n) is 11.8. The highest BCUT2D eigenvalue weighted by Gasteiger charge is 2.03. The highest BCUT2D eigenvalue weighted by atomic mass is 32.2. The molecule has 0 saturated heterocycles. The number of hydrogen-bond acceptors (Lipinski definition) is 4. The van der Waals surface area contributed by atoms with E-state index in [0.717, 1.165) is 27.8 Å². The van der Waals surface area contributed by atoms with E-state index in [9.17, 15) is 0 Å². The van der Waals surface area contributed by atoms with Crippen LogP contribution in [0.5, 0.6) is 11.5 Å². The number of nitrogen functional groups attached to an aromatic ring is 1. The second-order valence-electron chi connectivity index (χ2n) is 4.27. The summed E-state index contributed by atoms with van der Waals surface area (Å²) in [4.78, 5) is 1.04. The van der Waals surface area contributed by atoms with Crippen molar-refractivity contribution in [3.63, 3.8) is 0 Å². The van der Waals surface area contributed by atoms with Gasteiger partial charge in [-0.2, -0.15) is 0 Å². The smallest absolute Gasteiger partial charge is 0.120 e. The van der Waals surface area contributed by atoms with E-state index in [4.69, 9.17) is 15.2 Å². The van der Waals surface area contributed by atoms with Crippen molar-refractivity contribution in [1.82, 2.24) is 0 Å². The summed E-state index contributed by atoms with van der Waals surface area (Å²) in [6.45, 7) is 2.67. The summed E-state index contributed by atoms with van der Waals surface area (Å²) in [6.07, 6.45) is 0. The van der Waals surface area contributed by atoms with Crippen molar-refractivity contribution in [1.29, 1.82) is 0 Å². The average Bonchev–Trinajstić information content (AvgIpc) is 2.48. The minimum absolute atomic E-state index is 0.689. The van der Waals surface area contributed by atoms with Gasteiger partial charge in [-0.15, -0.1) is 11.8 Å². The molecule has 0 aliphatic rings. The molecule has 0 amide bonds. The number of thioether (sulfide) groups is 1. The molecule has 2 N–H and O–H groups in total. The molecule has 3 nitrogen and oxygen atoms in total. The standard InChI is InChI=1S/C16H19NO2S/c1-3-19-13-6-4-12(5-7-13)11-20-16-10-14(18-2)8-9-15(16)17/h4-10H,3,11,17H2,1-2H3. The lowest BCUT2D eigenvalue weighted by atomic mass is 10.2. The van der Waals surface area contributed by atoms with E-state index in [1.165, 1.54) is 5.56 Å². The number of rotatable bonds is 6. The number of methoxy groups -OCH3 is 1. The molecule has 0 heterocycles. The molecule has 2 rings (SSSR count). The van der Waals surface area contributed by atoms with Gasteiger partial charge in [-0.25, -0.2) is 0 Å². The van der Waals surface area contributed by atoms with Crippen LogP contribution >= 0.6 is 11.8 Å². The topological polar surface area (TPSA) is 44.5 Å². The summed E-state index contributed by atoms with van der Waals surface area (Å²) in [6, 6.07) is 13.9. The molecule has 0 aliphatic carbocycles. The van der Waals surface area contributed by atoms with Crippen molar-refractivity contribution in [3.8, 4) is 11.5 Å². The third kappa shape index (κ3) is 3.84. The van der Waals surface area contributed by atoms with Crippen LogP contribution in [0.1, 0.15) is 12.5 Å². The Hall–Kier alpha value is -1.81. The first-order valence-corrected chi connectivity index (χ1v) is 7.49. The molecule has 2 aromatic rings. The highest BCUT2D eigenvalue weighted by Crippen LogP contribution is 2.31. The number of anilines is 1. The SMILES string of the molecule is CCOc1ccc(CSc2cc(OC)ccc2N)cc1. The Bertz CT molecular complexity index is 555. The zero-order valence-corrected chi connectivity index (χ0v) is 12.6. The van der Waals surface area contributed by atoms with Crippen molar-refractivity contribution in [2.75, 3.05) is 19.5 Å². The first-order chi connectivity index (χ1) is 9.72. The largest absolute Gasteiger partial charge is 0.497 e. The molecule has 0 saturated carbocycles. The summed E-state index contributed by atoms with van der Waals surface area (Å²) in [5.41, 5.74) is 7.99. The summed E-state index contributed by atoms with van der Waals surface area (Å²) >= 11 is 1.70. The monoisotopic (exact) mass is 289 g/mol. The molecule has 0 radical (unpaired) electrons. The lowest BCUT2D eigenvalue weighted by Gasteiger charge is -2.08. The molecule has 0 spiro atoms. The molecule has 0 aromatic heterocycles. The quantitative estimate of drug-likeness (QED) is 0.645. The van der Waals surface area contributed by atoms with Crippen LogP contribution in [-0.2, 0) is 5.75 Å². The molecular formula is C16H19NO2S. The molecule has 2 aromatic carbocycles. The third-order valence-corrected chi connectivity index (χ3v) is 3.99. The second-order valence-corrected chi connectivity index (χ2v) is 5.29. The molecule has 0 aliphatic heterocycles. The van der Waals surface area contributed by atoms with Crippen molar-refractivity contribution >= 4 is 17.4 Å². The van der Waals surface area contributed by atoms with E-state index in [1.54, 1.807) is 18.9 Å². The third-order valence-electron chi connectivity index (χ3n) is 2.85. The summed E-state index contributed by atoms with van der Waals surface area (Å²) in [7, 11) is 1.66. The van der Waals surface area contributed by atoms with Crippen molar-refractivity contribution in [2.24, 2.45) is 0 Å². The minimum Gasteiger partial charge on any atom is -0.497 e. The fraction of sp³-hybridized carbons (Fsp3) is 0.250. The maximum atomic E-state index is 5.98. The second kappa shape index (κ2) is 7.10. The Morgan fingerprint density at radius 2 is 1.75 bits per heavy atom. The van der Waals surface area contributed by atoms with Crippen LogP contribution in [0, 0.1) is 0 Å². The van der Waals surface area contributed by atoms with Crippen LogP contribution in [0.15, 0.2) is 47.4 Å². The predicted molar refractivity (Wildman–Crippen MR) is 84.6 cm³/mol. The Morgan fingerprint density at radius 3 is 2.40 bits per heavy atom. The average molecular weight is 289 g/mol. The van der Waals surface area contributed by atoms with Crippen molar-refractivity contribution < 1.29 is 9.47 Å². The Morgan fingerprint density at radius 1 is 1.05 bits per heavy atom. The summed E-state index contributed by atoms with van der Waals surface area (Å²) < 4.78 is 10.6. The van der Waals surface area contributed by atoms with Gasteiger partial charge in [0.2, 0.25) is 0 Å². The number of benzene rings is 2. The van der Waals surface area contributed by atoms with Gasteiger partial charge in [0, 0.05) is 16.3 Å². The van der Waals surface area contributed by atoms with Crippen LogP contribution in [0.2, 0.25) is 0 Å². The number of nitrogens with two attached hydrogens (primary N) is 1. The van der Waals surface area contributed by atoms with E-state index in [0.29, 0.717) is 6.61 Å². The molecule has 0 unspecified atom stereocenters. The Labute approximate surface area is 124 Å². The van der Waals surface area contributed by atoms with E-state index in [-0.39, 0.29) is 0 Å². The van der Waals surface area contributed by atoms with E-state index >= 15 is 0 Å². The van der Waals surface area contributed by atoms with Gasteiger partial charge < -0.3 is 15.2 Å². The van der Waals surface area contributed by atoms with Gasteiger partial charge >= 0.3 is 0 Å². The fourth-order valence-electron chi connectivity index (χ4n) is 1.78. The minimum atomic E-state index is 0.689. The maximum Gasteiger partial charge on any atom is 0.120 e. The van der Waals surface area contributed by atoms with Gasteiger partial charge in [-0.05, 0) is 42.8 Å². The molecule has 0 fully saturated rings. The first-order valence-electron chi connectivity index (χ1n) is 6.51. The van der Waals surface area contributed by atoms with Gasteiger partial charge in [0.25, 0.3) is 0 Å². The molecule has 0 bridgehead atoms. The molecule has 4 heteroatoms. The van der Waals surface area contributed by atoms with Gasteiger partial charge in [0.1, 0.15) is 11.5 Å². The van der Waals surface area contributed by atoms with Crippen LogP contribution in [-0.4, -0.2) is 13.7 Å². The predicted octanol–water partition coefficient (Wildman–Crippen LogP) is 3.97. The maximum absolute atomic E-state index is 5.98. The van der Waals surface area contributed by atoms with Crippen LogP contribution in [0.3, 0.4) is 0 Å². The van der Waals surface area contributed by atoms with Gasteiger partial charge in [-0.3, -0.25) is 0 Å². The zero-order chi connectivity index (χ0) is 14.4. The lowest BCUT2D eigenvalue weighted by Crippen LogP contribution is -1.92. The van der Waals surface area contributed by atoms with E-state index < -0.39 is 0 Å². The lowest BCUT2D eigenvalue weighted by molar-refractivity contribution is 0.340. The molecular weight excluding hydrogens is 270 g/mol. The molecule has 0 atom stereocenters. The van der Waals surface area contributed by atoms with Crippen molar-refractivity contribution in [3.05, 3.63) is 48.0 Å². The fourth-order valence-corrected chi connectivity index (χ4v) is 2.73. The van der Waals surface area contributed by atoms with Gasteiger partial charge in [0.15, 0.2) is 0 Å². The number of hydrogen-bond donors (Lipinski definition) is 1. The Balaban J connectivity index is 2.01. The van der Waals surface area contributed by atoms with Crippen LogP contribution in [0.25, 0.3) is 0 Å². The molecule has 106 valence electrons. The van der Waals surface area contributed by atoms with E-state index in [1.807, 2.05) is 37.3 Å². The van der Waals surface area contributed by atoms with Gasteiger partial charge in [-0.1, -0.05) is 12.1 Å². The Kier molecular flexibility index (Phi) is 5.18. The normalized spacial score (nSPS) is 10.3. The summed E-state index contributed by atoms with van der Waals surface area (Å²) in [5.74, 6) is 2.60. The van der Waals surface area contributed by atoms with E-state index in [2.05, 4.69) is 12.1 Å². The molecule has 20 heavy (non-hydrogen) atoms. The highest BCUT2D eigenvalue weighted by molar-refractivity contribution is 7.98. The first kappa shape index (κ1) is 14.6. The number of ether oxygens (including phenoxy) is 2.